The van der Waals surface area contributed by atoms with Crippen LogP contribution < -0.4 is 5.48 Å². The highest BCUT2D eigenvalue weighted by molar-refractivity contribution is 5.92. The minimum Gasteiger partial charge on any atom is -0.411 e. The standard InChI is InChI=1S/C15H26N2O2/c1-10-5-6-13(16-18)15(4,17-19)8-7-12-11(10)9-14(12,2)3/h11-12,17-19H,1,5-9H2,2-4H3/b16-13-/t11-,12+,15-/m1/s1. The third-order valence-electron chi connectivity index (χ3n) is 5.40. The fourth-order valence-electron chi connectivity index (χ4n) is 3.87. The van der Waals surface area contributed by atoms with E-state index < -0.39 is 5.54 Å². The molecule has 3 atom stereocenters. The highest BCUT2D eigenvalue weighted by atomic mass is 16.5. The van der Waals surface area contributed by atoms with E-state index in [1.165, 1.54) is 12.0 Å². The highest BCUT2D eigenvalue weighted by Crippen LogP contribution is 2.56. The van der Waals surface area contributed by atoms with E-state index in [1.807, 2.05) is 6.92 Å². The zero-order valence-electron chi connectivity index (χ0n) is 12.2. The lowest BCUT2D eigenvalue weighted by molar-refractivity contribution is -0.00532. The molecule has 0 unspecified atom stereocenters. The van der Waals surface area contributed by atoms with Gasteiger partial charge in [0.25, 0.3) is 0 Å². The minimum atomic E-state index is -0.629. The number of hydrogen-bond donors (Lipinski definition) is 3. The van der Waals surface area contributed by atoms with Gasteiger partial charge in [-0.25, -0.2) is 0 Å². The predicted octanol–water partition coefficient (Wildman–Crippen LogP) is 3.35. The molecule has 2 saturated carbocycles. The van der Waals surface area contributed by atoms with Gasteiger partial charge in [-0.2, -0.15) is 5.48 Å². The molecule has 2 fully saturated rings. The zero-order valence-corrected chi connectivity index (χ0v) is 12.2. The molecule has 108 valence electrons. The van der Waals surface area contributed by atoms with Crippen LogP contribution >= 0.6 is 0 Å². The lowest BCUT2D eigenvalue weighted by Gasteiger charge is -2.53. The summed E-state index contributed by atoms with van der Waals surface area (Å²) in [6.45, 7) is 10.7. The van der Waals surface area contributed by atoms with Crippen molar-refractivity contribution in [2.75, 3.05) is 0 Å². The highest BCUT2D eigenvalue weighted by Gasteiger charge is 2.49. The maximum absolute atomic E-state index is 9.46. The topological polar surface area (TPSA) is 64.9 Å². The van der Waals surface area contributed by atoms with Crippen molar-refractivity contribution in [2.45, 2.75) is 58.4 Å². The fraction of sp³-hybridized carbons (Fsp3) is 0.800. The van der Waals surface area contributed by atoms with Crippen molar-refractivity contribution in [3.63, 3.8) is 0 Å². The Morgan fingerprint density at radius 1 is 1.32 bits per heavy atom. The Kier molecular flexibility index (Phi) is 3.76. The average molecular weight is 266 g/mol. The van der Waals surface area contributed by atoms with Crippen molar-refractivity contribution in [1.82, 2.24) is 5.48 Å². The number of hydroxylamine groups is 1. The molecule has 0 heterocycles. The Labute approximate surface area is 115 Å². The first-order valence-corrected chi connectivity index (χ1v) is 7.14. The third kappa shape index (κ3) is 2.43. The molecule has 2 rings (SSSR count). The number of fused-ring (bicyclic) bond motifs is 1. The van der Waals surface area contributed by atoms with Crippen molar-refractivity contribution in [3.8, 4) is 0 Å². The van der Waals surface area contributed by atoms with E-state index in [1.54, 1.807) is 0 Å². The molecule has 0 bridgehead atoms. The molecule has 0 spiro atoms. The molecule has 0 aromatic rings. The van der Waals surface area contributed by atoms with E-state index in [4.69, 9.17) is 0 Å². The molecule has 0 radical (unpaired) electrons. The van der Waals surface area contributed by atoms with Gasteiger partial charge in [-0.1, -0.05) is 31.2 Å². The van der Waals surface area contributed by atoms with Crippen LogP contribution in [0.1, 0.15) is 52.9 Å². The SMILES string of the molecule is C=C1CC/C(=N/O)[C@](C)(NO)CC[C@H]2[C@@H]1CC2(C)C. The molecule has 2 aliphatic rings. The van der Waals surface area contributed by atoms with E-state index >= 15 is 0 Å². The van der Waals surface area contributed by atoms with Gasteiger partial charge >= 0.3 is 0 Å². The summed E-state index contributed by atoms with van der Waals surface area (Å²) in [4.78, 5) is 0. The number of allylic oxidation sites excluding steroid dienone is 1. The van der Waals surface area contributed by atoms with Crippen molar-refractivity contribution in [2.24, 2.45) is 22.4 Å². The Hall–Kier alpha value is -0.870. The van der Waals surface area contributed by atoms with E-state index in [9.17, 15) is 10.4 Å². The van der Waals surface area contributed by atoms with Gasteiger partial charge in [0.2, 0.25) is 0 Å². The number of hydrogen-bond acceptors (Lipinski definition) is 4. The summed E-state index contributed by atoms with van der Waals surface area (Å²) in [5.74, 6) is 1.21. The molecule has 4 nitrogen and oxygen atoms in total. The minimum absolute atomic E-state index is 0.352. The van der Waals surface area contributed by atoms with Gasteiger partial charge in [0, 0.05) is 0 Å². The summed E-state index contributed by atoms with van der Waals surface area (Å²) < 4.78 is 0. The molecule has 0 amide bonds. The number of nitrogens with one attached hydrogen (secondary N) is 1. The third-order valence-corrected chi connectivity index (χ3v) is 5.40. The van der Waals surface area contributed by atoms with Gasteiger partial charge < -0.3 is 10.4 Å². The van der Waals surface area contributed by atoms with Crippen LogP contribution in [0.2, 0.25) is 0 Å². The normalized spacial score (nSPS) is 40.8. The van der Waals surface area contributed by atoms with E-state index in [2.05, 4.69) is 31.1 Å². The van der Waals surface area contributed by atoms with Crippen LogP contribution in [-0.2, 0) is 0 Å². The van der Waals surface area contributed by atoms with Crippen LogP contribution in [0.25, 0.3) is 0 Å². The fourth-order valence-corrected chi connectivity index (χ4v) is 3.87. The summed E-state index contributed by atoms with van der Waals surface area (Å²) in [6.07, 6.45) is 4.49. The summed E-state index contributed by atoms with van der Waals surface area (Å²) in [5.41, 5.74) is 3.97. The summed E-state index contributed by atoms with van der Waals surface area (Å²) in [5, 5.41) is 22.1. The van der Waals surface area contributed by atoms with Gasteiger partial charge in [0.05, 0.1) is 11.3 Å². The number of oxime groups is 1. The van der Waals surface area contributed by atoms with Gasteiger partial charge in [0.1, 0.15) is 0 Å². The Balaban J connectivity index is 2.24. The molecule has 0 aliphatic heterocycles. The predicted molar refractivity (Wildman–Crippen MR) is 75.5 cm³/mol. The molecule has 2 aliphatic carbocycles. The van der Waals surface area contributed by atoms with Gasteiger partial charge in [-0.05, 0) is 56.3 Å². The van der Waals surface area contributed by atoms with E-state index in [-0.39, 0.29) is 0 Å². The lowest BCUT2D eigenvalue weighted by Crippen LogP contribution is -2.49. The molecule has 0 aromatic heterocycles. The number of rotatable bonds is 1. The van der Waals surface area contributed by atoms with Crippen molar-refractivity contribution in [1.29, 1.82) is 0 Å². The molecule has 3 N–H and O–H groups in total. The van der Waals surface area contributed by atoms with Crippen LogP contribution in [0.4, 0.5) is 0 Å². The maximum Gasteiger partial charge on any atom is 0.0815 e. The monoisotopic (exact) mass is 266 g/mol. The molecular weight excluding hydrogens is 240 g/mol. The Morgan fingerprint density at radius 3 is 2.53 bits per heavy atom. The molecule has 0 saturated heterocycles. The van der Waals surface area contributed by atoms with Gasteiger partial charge in [-0.3, -0.25) is 0 Å². The van der Waals surface area contributed by atoms with Crippen LogP contribution in [0, 0.1) is 17.3 Å². The first kappa shape index (κ1) is 14.5. The Bertz CT molecular complexity index is 403. The van der Waals surface area contributed by atoms with Crippen molar-refractivity contribution < 1.29 is 10.4 Å². The van der Waals surface area contributed by atoms with Gasteiger partial charge in [-0.15, -0.1) is 0 Å². The van der Waals surface area contributed by atoms with Crippen LogP contribution in [0.3, 0.4) is 0 Å². The second kappa shape index (κ2) is 4.91. The maximum atomic E-state index is 9.46. The largest absolute Gasteiger partial charge is 0.411 e. The first-order chi connectivity index (χ1) is 8.84. The molecular formula is C15H26N2O2. The summed E-state index contributed by atoms with van der Waals surface area (Å²) in [7, 11) is 0. The molecule has 4 heteroatoms. The second-order valence-electron chi connectivity index (χ2n) is 7.09. The van der Waals surface area contributed by atoms with Crippen LogP contribution in [-0.4, -0.2) is 21.7 Å². The van der Waals surface area contributed by atoms with E-state index in [0.717, 1.165) is 19.3 Å². The first-order valence-electron chi connectivity index (χ1n) is 7.14. The van der Waals surface area contributed by atoms with Crippen LogP contribution in [0.15, 0.2) is 17.3 Å². The van der Waals surface area contributed by atoms with Crippen molar-refractivity contribution in [3.05, 3.63) is 12.2 Å². The second-order valence-corrected chi connectivity index (χ2v) is 7.09. The Morgan fingerprint density at radius 2 is 2.00 bits per heavy atom. The lowest BCUT2D eigenvalue weighted by atomic mass is 9.52. The van der Waals surface area contributed by atoms with E-state index in [0.29, 0.717) is 29.4 Å². The summed E-state index contributed by atoms with van der Waals surface area (Å²) >= 11 is 0. The van der Waals surface area contributed by atoms with Crippen molar-refractivity contribution >= 4 is 5.71 Å². The molecule has 19 heavy (non-hydrogen) atoms. The van der Waals surface area contributed by atoms with Gasteiger partial charge in [0.15, 0.2) is 0 Å². The quantitative estimate of drug-likeness (QED) is 0.387. The van der Waals surface area contributed by atoms with Crippen LogP contribution in [0.5, 0.6) is 0 Å². The summed E-state index contributed by atoms with van der Waals surface area (Å²) in [6, 6.07) is 0. The molecule has 0 aromatic carbocycles. The zero-order chi connectivity index (χ0) is 14.3. The number of nitrogens with zero attached hydrogens (tertiary/aromatic N) is 1. The average Bonchev–Trinajstić information content (AvgIpc) is 2.39. The smallest absolute Gasteiger partial charge is 0.0815 e.